The third-order valence-corrected chi connectivity index (χ3v) is 8.41. The van der Waals surface area contributed by atoms with E-state index in [0.29, 0.717) is 24.2 Å². The van der Waals surface area contributed by atoms with E-state index in [4.69, 9.17) is 0 Å². The van der Waals surface area contributed by atoms with Gasteiger partial charge in [0.2, 0.25) is 0 Å². The summed E-state index contributed by atoms with van der Waals surface area (Å²) >= 11 is 0. The zero-order valence-electron chi connectivity index (χ0n) is 19.2. The minimum Gasteiger partial charge on any atom is -0.390 e. The summed E-state index contributed by atoms with van der Waals surface area (Å²) in [6.45, 7) is 8.12. The average molecular weight is 405 g/mol. The summed E-state index contributed by atoms with van der Waals surface area (Å²) in [6, 6.07) is 0. The van der Waals surface area contributed by atoms with E-state index in [1.807, 2.05) is 13.8 Å². The Morgan fingerprint density at radius 3 is 2.52 bits per heavy atom. The van der Waals surface area contributed by atoms with Gasteiger partial charge in [-0.05, 0) is 102 Å². The molecule has 3 rings (SSSR count). The molecule has 0 aromatic heterocycles. The van der Waals surface area contributed by atoms with E-state index in [2.05, 4.69) is 19.1 Å². The van der Waals surface area contributed by atoms with Crippen molar-refractivity contribution in [3.8, 4) is 0 Å². The average Bonchev–Trinajstić information content (AvgIpc) is 2.96. The van der Waals surface area contributed by atoms with Crippen LogP contribution in [-0.4, -0.2) is 32.6 Å². The van der Waals surface area contributed by atoms with Gasteiger partial charge in [0, 0.05) is 0 Å². The van der Waals surface area contributed by atoms with E-state index < -0.39 is 17.3 Å². The molecule has 3 fully saturated rings. The highest BCUT2D eigenvalue weighted by atomic mass is 16.3. The predicted octanol–water partition coefficient (Wildman–Crippen LogP) is 5.68. The monoisotopic (exact) mass is 404 g/mol. The molecule has 0 aromatic carbocycles. The summed E-state index contributed by atoms with van der Waals surface area (Å²) in [5, 5.41) is 30.3. The van der Waals surface area contributed by atoms with Gasteiger partial charge in [0.05, 0.1) is 17.3 Å². The lowest BCUT2D eigenvalue weighted by Gasteiger charge is -2.42. The number of fused-ring (bicyclic) bond motifs is 1. The molecule has 3 heteroatoms. The van der Waals surface area contributed by atoms with Crippen LogP contribution in [0.25, 0.3) is 0 Å². The van der Waals surface area contributed by atoms with Crippen molar-refractivity contribution < 1.29 is 15.3 Å². The first kappa shape index (κ1) is 23.0. The molecule has 0 aliphatic heterocycles. The molecule has 3 nitrogen and oxygen atoms in total. The van der Waals surface area contributed by atoms with Gasteiger partial charge in [-0.25, -0.2) is 0 Å². The van der Waals surface area contributed by atoms with Gasteiger partial charge >= 0.3 is 0 Å². The van der Waals surface area contributed by atoms with Gasteiger partial charge in [0.1, 0.15) is 0 Å². The van der Waals surface area contributed by atoms with E-state index in [1.54, 1.807) is 12.5 Å². The molecule has 3 aliphatic carbocycles. The molecule has 3 aliphatic rings. The predicted molar refractivity (Wildman–Crippen MR) is 120 cm³/mol. The molecule has 0 spiro atoms. The first-order valence-electron chi connectivity index (χ1n) is 12.0. The summed E-state index contributed by atoms with van der Waals surface area (Å²) in [5.74, 6) is 1.53. The van der Waals surface area contributed by atoms with Crippen molar-refractivity contribution in [3.05, 3.63) is 23.3 Å². The zero-order valence-corrected chi connectivity index (χ0v) is 19.2. The molecule has 3 N–H and O–H groups in total. The standard InChI is InChI=1S/C26H44O3/c1-24(2,28)15-6-5-9-21-12-13-22-20(8-7-16-25(21,22)3)11-10-19-14-17-26(4,29)23(27)18-19/h10-11,21-23,27-29H,5-9,12-18H2,1-4H3/b19-10-,20-11+/t21?,22?,23-,25?,26+/m1/s1. The molecule has 5 atom stereocenters. The Labute approximate surface area is 178 Å². The fourth-order valence-electron chi connectivity index (χ4n) is 6.30. The quantitative estimate of drug-likeness (QED) is 0.499. The number of unbranched alkanes of at least 4 members (excludes halogenated alkanes) is 1. The van der Waals surface area contributed by atoms with Gasteiger partial charge in [-0.2, -0.15) is 0 Å². The summed E-state index contributed by atoms with van der Waals surface area (Å²) in [4.78, 5) is 0. The first-order chi connectivity index (χ1) is 13.5. The van der Waals surface area contributed by atoms with Crippen molar-refractivity contribution in [2.75, 3.05) is 0 Å². The van der Waals surface area contributed by atoms with Crippen LogP contribution >= 0.6 is 0 Å². The lowest BCUT2D eigenvalue weighted by molar-refractivity contribution is -0.0759. The van der Waals surface area contributed by atoms with Gasteiger partial charge in [0.15, 0.2) is 0 Å². The third-order valence-electron chi connectivity index (χ3n) is 8.41. The second-order valence-corrected chi connectivity index (χ2v) is 11.4. The Bertz CT molecular complexity index is 624. The molecule has 166 valence electrons. The third kappa shape index (κ3) is 5.54. The van der Waals surface area contributed by atoms with E-state index in [1.165, 1.54) is 50.5 Å². The summed E-state index contributed by atoms with van der Waals surface area (Å²) in [6.07, 6.45) is 17.2. The molecular weight excluding hydrogens is 360 g/mol. The highest BCUT2D eigenvalue weighted by Gasteiger charge is 2.48. The topological polar surface area (TPSA) is 60.7 Å². The maximum atomic E-state index is 10.2. The number of aliphatic hydroxyl groups excluding tert-OH is 1. The van der Waals surface area contributed by atoms with Gasteiger partial charge in [-0.1, -0.05) is 43.1 Å². The fourth-order valence-corrected chi connectivity index (χ4v) is 6.30. The number of hydrogen-bond donors (Lipinski definition) is 3. The summed E-state index contributed by atoms with van der Waals surface area (Å²) in [7, 11) is 0. The molecule has 0 aromatic rings. The van der Waals surface area contributed by atoms with Crippen LogP contribution in [0.2, 0.25) is 0 Å². The van der Waals surface area contributed by atoms with Gasteiger partial charge in [-0.3, -0.25) is 0 Å². The Kier molecular flexibility index (Phi) is 7.03. The molecule has 0 bridgehead atoms. The van der Waals surface area contributed by atoms with Crippen molar-refractivity contribution in [1.29, 1.82) is 0 Å². The Hall–Kier alpha value is -0.640. The zero-order chi connectivity index (χ0) is 21.3. The lowest BCUT2D eigenvalue weighted by Crippen LogP contribution is -2.42. The van der Waals surface area contributed by atoms with Crippen LogP contribution in [0.3, 0.4) is 0 Å². The van der Waals surface area contributed by atoms with Crippen LogP contribution in [0.1, 0.15) is 105 Å². The van der Waals surface area contributed by atoms with Crippen molar-refractivity contribution >= 4 is 0 Å². The molecule has 0 heterocycles. The SMILES string of the molecule is CC(C)(O)CCCCC1CCC2/C(=C/C=C3/CC[C@](C)(O)[C@H](O)C3)CCCC12C. The van der Waals surface area contributed by atoms with Crippen molar-refractivity contribution in [2.24, 2.45) is 17.3 Å². The molecule has 0 radical (unpaired) electrons. The van der Waals surface area contributed by atoms with Crippen molar-refractivity contribution in [1.82, 2.24) is 0 Å². The summed E-state index contributed by atoms with van der Waals surface area (Å²) < 4.78 is 0. The normalized spacial score (nSPS) is 41.1. The van der Waals surface area contributed by atoms with E-state index in [0.717, 1.165) is 25.2 Å². The van der Waals surface area contributed by atoms with Crippen molar-refractivity contribution in [2.45, 2.75) is 122 Å². The highest BCUT2D eigenvalue weighted by molar-refractivity contribution is 5.26. The van der Waals surface area contributed by atoms with Crippen LogP contribution in [0.4, 0.5) is 0 Å². The highest BCUT2D eigenvalue weighted by Crippen LogP contribution is 2.58. The molecule has 29 heavy (non-hydrogen) atoms. The summed E-state index contributed by atoms with van der Waals surface area (Å²) in [5.41, 5.74) is 1.88. The number of hydrogen-bond acceptors (Lipinski definition) is 3. The van der Waals surface area contributed by atoms with Crippen LogP contribution in [0, 0.1) is 17.3 Å². The fraction of sp³-hybridized carbons (Fsp3) is 0.846. The van der Waals surface area contributed by atoms with E-state index >= 15 is 0 Å². The first-order valence-corrected chi connectivity index (χ1v) is 12.0. The van der Waals surface area contributed by atoms with Crippen LogP contribution in [0.15, 0.2) is 23.3 Å². The smallest absolute Gasteiger partial charge is 0.0883 e. The maximum absolute atomic E-state index is 10.2. The maximum Gasteiger partial charge on any atom is 0.0883 e. The lowest BCUT2D eigenvalue weighted by atomic mass is 9.62. The second kappa shape index (κ2) is 8.85. The van der Waals surface area contributed by atoms with E-state index in [9.17, 15) is 15.3 Å². The number of rotatable bonds is 6. The van der Waals surface area contributed by atoms with E-state index in [-0.39, 0.29) is 0 Å². The largest absolute Gasteiger partial charge is 0.390 e. The number of allylic oxidation sites excluding steroid dienone is 3. The van der Waals surface area contributed by atoms with Crippen molar-refractivity contribution in [3.63, 3.8) is 0 Å². The minimum absolute atomic E-state index is 0.438. The Morgan fingerprint density at radius 1 is 1.07 bits per heavy atom. The van der Waals surface area contributed by atoms with Gasteiger partial charge in [-0.15, -0.1) is 0 Å². The second-order valence-electron chi connectivity index (χ2n) is 11.4. The Morgan fingerprint density at radius 2 is 1.83 bits per heavy atom. The molecule has 3 saturated carbocycles. The molecular formula is C26H44O3. The molecule has 3 unspecified atom stereocenters. The minimum atomic E-state index is -0.933. The van der Waals surface area contributed by atoms with Gasteiger partial charge in [0.25, 0.3) is 0 Å². The molecule has 0 amide bonds. The van der Waals surface area contributed by atoms with Crippen LogP contribution in [0.5, 0.6) is 0 Å². The Balaban J connectivity index is 1.61. The number of aliphatic hydroxyl groups is 3. The van der Waals surface area contributed by atoms with Crippen LogP contribution in [-0.2, 0) is 0 Å². The van der Waals surface area contributed by atoms with Gasteiger partial charge < -0.3 is 15.3 Å². The van der Waals surface area contributed by atoms with Crippen LogP contribution < -0.4 is 0 Å². The molecule has 0 saturated heterocycles.